The van der Waals surface area contributed by atoms with Crippen LogP contribution in [0.2, 0.25) is 0 Å². The highest BCUT2D eigenvalue weighted by atomic mass is 15.0. The molecule has 0 aliphatic carbocycles. The molecule has 0 atom stereocenters. The zero-order chi connectivity index (χ0) is 90.2. The minimum Gasteiger partial charge on any atom is -0.308 e. The fourth-order valence-corrected chi connectivity index (χ4v) is 21.4. The van der Waals surface area contributed by atoms with Crippen molar-refractivity contribution in [1.82, 2.24) is 18.3 Å². The van der Waals surface area contributed by atoms with E-state index >= 15 is 0 Å². The highest BCUT2D eigenvalue weighted by Gasteiger charge is 2.30. The summed E-state index contributed by atoms with van der Waals surface area (Å²) < 4.78 is 9.25. The van der Waals surface area contributed by atoms with Gasteiger partial charge in [-0.1, -0.05) is 270 Å². The highest BCUT2D eigenvalue weighted by molar-refractivity contribution is 6.16. The van der Waals surface area contributed by atoms with Gasteiger partial charge in [0.15, 0.2) is 0 Å². The van der Waals surface area contributed by atoms with Crippen LogP contribution in [0.3, 0.4) is 0 Å². The molecule has 132 heavy (non-hydrogen) atoms. The van der Waals surface area contributed by atoms with E-state index in [1.807, 2.05) is 42.5 Å². The van der Waals surface area contributed by atoms with Crippen LogP contribution in [0.25, 0.3) is 199 Å². The van der Waals surface area contributed by atoms with Gasteiger partial charge in [0.05, 0.1) is 90.1 Å². The molecular weight excluding hydrogens is 1600 g/mol. The Hall–Kier alpha value is -16.9. The van der Waals surface area contributed by atoms with E-state index in [0.29, 0.717) is 22.3 Å². The van der Waals surface area contributed by atoms with E-state index in [0.717, 1.165) is 212 Å². The predicted molar refractivity (Wildman–Crippen MR) is 547 cm³/mol. The van der Waals surface area contributed by atoms with Gasteiger partial charge in [0.25, 0.3) is 0 Å². The fourth-order valence-electron chi connectivity index (χ4n) is 21.4. The number of rotatable bonds is 15. The molecule has 18 aromatic carbocycles. The molecule has 0 N–H and O–H groups in total. The predicted octanol–water partition coefficient (Wildman–Crippen LogP) is 31.8. The molecule has 0 unspecified atom stereocenters. The quantitative estimate of drug-likeness (QED) is 0.102. The lowest BCUT2D eigenvalue weighted by atomic mass is 9.91. The van der Waals surface area contributed by atoms with E-state index < -0.39 is 0 Å². The molecule has 4 aromatic heterocycles. The zero-order valence-electron chi connectivity index (χ0n) is 75.3. The molecule has 22 rings (SSSR count). The van der Waals surface area contributed by atoms with Crippen LogP contribution in [0.1, 0.15) is 89.0 Å². The number of aromatic nitrogens is 4. The third kappa shape index (κ3) is 13.5. The van der Waals surface area contributed by atoms with Gasteiger partial charge in [-0.05, 0) is 296 Å². The summed E-state index contributed by atoms with van der Waals surface area (Å²) in [6.07, 6.45) is 1.56. The van der Waals surface area contributed by atoms with Gasteiger partial charge in [0.2, 0.25) is 0 Å². The van der Waals surface area contributed by atoms with Crippen LogP contribution >= 0.6 is 0 Å². The average Bonchev–Trinajstić information content (AvgIpc) is 1.55. The van der Waals surface area contributed by atoms with E-state index in [1.54, 1.807) is 0 Å². The van der Waals surface area contributed by atoms with Crippen LogP contribution < -0.4 is 0 Å². The van der Waals surface area contributed by atoms with E-state index in [1.165, 1.54) is 66.8 Å². The normalized spacial score (nSPS) is 11.6. The van der Waals surface area contributed by atoms with Crippen molar-refractivity contribution in [2.24, 2.45) is 0 Å². The molecule has 8 heteroatoms. The second-order valence-corrected chi connectivity index (χ2v) is 36.2. The van der Waals surface area contributed by atoms with E-state index in [9.17, 15) is 21.0 Å². The van der Waals surface area contributed by atoms with Crippen molar-refractivity contribution in [3.63, 3.8) is 0 Å². The number of aryl methyl sites for hydroxylation is 12. The number of nitrogens with zero attached hydrogens (tertiary/aromatic N) is 8. The highest BCUT2D eigenvalue weighted by Crippen LogP contribution is 2.49. The van der Waals surface area contributed by atoms with Crippen LogP contribution in [0.5, 0.6) is 0 Å². The van der Waals surface area contributed by atoms with Crippen molar-refractivity contribution in [3.05, 3.63) is 429 Å². The number of hydrogen-bond acceptors (Lipinski definition) is 4. The molecule has 0 aliphatic rings. The lowest BCUT2D eigenvalue weighted by Gasteiger charge is -2.21. The third-order valence-corrected chi connectivity index (χ3v) is 27.6. The standard InChI is InChI=1S/C124H90N8/c1-73-25-39-95(78(6)55-73)89-37-51-115-109(63-89)103-21-11-13-23-113(103)129(115)117-53-49-101(86-19-15-17-84(61-86)69-125)123(111(117)71-127)131-114-24-14-12-22-104(114)110-64-90(38-52-116(110)131)99-44-31-83(60-82(99)10)30-32-88-59-77(5)29-43-100(88)94-36-48-106-105-45-33-91(96-40-26-74(2)56-79(96)7)65-119(105)130(120(106)68-94)118-54-50-102(87-20-16-18-85(62-87)70-126)124(112(118)72-128)132-121-66-92(97-41-27-75(3)57-80(97)8)34-46-107(121)108-47-35-93(67-122(108)132)98-42-28-76(4)58-81(98)9/h11-29,31,33-68H,30,32H2,1-10H3. The lowest BCUT2D eigenvalue weighted by Crippen LogP contribution is -2.07. The van der Waals surface area contributed by atoms with E-state index in [2.05, 4.69) is 409 Å². The maximum atomic E-state index is 12.7. The van der Waals surface area contributed by atoms with Crippen molar-refractivity contribution in [3.8, 4) is 136 Å². The van der Waals surface area contributed by atoms with E-state index in [4.69, 9.17) is 0 Å². The Morgan fingerprint density at radius 2 is 0.515 bits per heavy atom. The second-order valence-electron chi connectivity index (χ2n) is 36.2. The molecule has 0 fully saturated rings. The molecule has 0 saturated heterocycles. The van der Waals surface area contributed by atoms with Gasteiger partial charge in [-0.15, -0.1) is 0 Å². The van der Waals surface area contributed by atoms with Crippen molar-refractivity contribution >= 4 is 87.2 Å². The Bertz CT molecular complexity index is 8790. The lowest BCUT2D eigenvalue weighted by molar-refractivity contribution is 0.958. The maximum absolute atomic E-state index is 12.7. The Morgan fingerprint density at radius 1 is 0.205 bits per heavy atom. The summed E-state index contributed by atoms with van der Waals surface area (Å²) in [7, 11) is 0. The van der Waals surface area contributed by atoms with Crippen molar-refractivity contribution in [2.45, 2.75) is 82.1 Å². The Kier molecular flexibility index (Phi) is 19.7. The first-order valence-electron chi connectivity index (χ1n) is 45.3. The van der Waals surface area contributed by atoms with Crippen LogP contribution in [-0.4, -0.2) is 18.3 Å². The molecule has 0 spiro atoms. The van der Waals surface area contributed by atoms with Crippen molar-refractivity contribution < 1.29 is 0 Å². The van der Waals surface area contributed by atoms with Crippen LogP contribution in [0, 0.1) is 115 Å². The average molecular weight is 1690 g/mol. The molecule has 4 heterocycles. The maximum Gasteiger partial charge on any atom is 0.104 e. The molecule has 0 bridgehead atoms. The summed E-state index contributed by atoms with van der Waals surface area (Å²) in [6, 6.07) is 133. The topological polar surface area (TPSA) is 115 Å². The minimum absolute atomic E-state index is 0.483. The molecule has 0 aliphatic heterocycles. The summed E-state index contributed by atoms with van der Waals surface area (Å²) in [5.74, 6) is 0. The summed E-state index contributed by atoms with van der Waals surface area (Å²) in [4.78, 5) is 0. The summed E-state index contributed by atoms with van der Waals surface area (Å²) >= 11 is 0. The van der Waals surface area contributed by atoms with Crippen LogP contribution in [0.4, 0.5) is 0 Å². The van der Waals surface area contributed by atoms with Crippen molar-refractivity contribution in [1.29, 1.82) is 21.0 Å². The zero-order valence-corrected chi connectivity index (χ0v) is 75.3. The Balaban J connectivity index is 0.665. The number of fused-ring (bicyclic) bond motifs is 12. The van der Waals surface area contributed by atoms with E-state index in [-0.39, 0.29) is 0 Å². The summed E-state index contributed by atoms with van der Waals surface area (Å²) in [5.41, 5.74) is 43.8. The van der Waals surface area contributed by atoms with Gasteiger partial charge in [-0.25, -0.2) is 0 Å². The van der Waals surface area contributed by atoms with Gasteiger partial charge >= 0.3 is 0 Å². The first kappa shape index (κ1) is 80.9. The summed E-state index contributed by atoms with van der Waals surface area (Å²) in [6.45, 7) is 21.7. The third-order valence-electron chi connectivity index (χ3n) is 27.6. The first-order valence-corrected chi connectivity index (χ1v) is 45.3. The van der Waals surface area contributed by atoms with Gasteiger partial charge < -0.3 is 18.3 Å². The minimum atomic E-state index is 0.483. The van der Waals surface area contributed by atoms with Crippen molar-refractivity contribution in [2.75, 3.05) is 0 Å². The molecule has 0 saturated carbocycles. The monoisotopic (exact) mass is 1690 g/mol. The van der Waals surface area contributed by atoms with Crippen LogP contribution in [-0.2, 0) is 12.8 Å². The molecule has 626 valence electrons. The molecule has 8 nitrogen and oxygen atoms in total. The number of hydrogen-bond donors (Lipinski definition) is 0. The molecule has 0 amide bonds. The van der Waals surface area contributed by atoms with Crippen LogP contribution in [0.15, 0.2) is 340 Å². The Labute approximate surface area is 768 Å². The molecule has 0 radical (unpaired) electrons. The first-order chi connectivity index (χ1) is 64.3. The second kappa shape index (κ2) is 32.2. The van der Waals surface area contributed by atoms with Gasteiger partial charge in [-0.3, -0.25) is 0 Å². The summed E-state index contributed by atoms with van der Waals surface area (Å²) in [5, 5.41) is 54.3. The molecular formula is C124H90N8. The number of benzene rings is 18. The smallest absolute Gasteiger partial charge is 0.104 e. The number of para-hydroxylation sites is 2. The molecule has 22 aromatic rings. The van der Waals surface area contributed by atoms with Gasteiger partial charge in [0, 0.05) is 54.2 Å². The largest absolute Gasteiger partial charge is 0.308 e. The SMILES string of the molecule is Cc1ccc(-c2ccc3c(c2)c2ccccc2n3-c2ccc(-c3cccc(C#N)c3)c(-n3c4ccccc4c4cc(-c5ccc(CCc6cc(C)ccc6-c6ccc7c8ccc(-c9ccc(C)cc9C)cc8n(-c8ccc(-c9cccc(C#N)c9)c(-n9c%10cc(-c%11ccc(C)cc%11C)ccc%10c%10ccc(-c%11ccc(C)cc%11C)cc%109)c8C#N)c7c6)cc5C)ccc43)c2C#N)c(C)c1. The Morgan fingerprint density at radius 3 is 0.924 bits per heavy atom. The number of nitriles is 4. The fraction of sp³-hybridized carbons (Fsp3) is 0.0968. The van der Waals surface area contributed by atoms with Gasteiger partial charge in [0.1, 0.15) is 23.3 Å². The van der Waals surface area contributed by atoms with Gasteiger partial charge in [-0.2, -0.15) is 21.0 Å².